The lowest BCUT2D eigenvalue weighted by molar-refractivity contribution is 0.663. The van der Waals surface area contributed by atoms with Gasteiger partial charge in [0.15, 0.2) is 0 Å². The quantitative estimate of drug-likeness (QED) is 0.455. The Kier molecular flexibility index (Phi) is 4.08. The number of nitrogen functional groups attached to an aromatic ring is 1. The fraction of sp³-hybridized carbons (Fsp3) is 0.136. The Labute approximate surface area is 177 Å². The van der Waals surface area contributed by atoms with Gasteiger partial charge in [-0.2, -0.15) is 0 Å². The standard InChI is InChI=1S/C22H17N9/c1-22(2,24-3)14-4-6-15(7-5-14)31-20-18(29-30-31)12-25-17-9-8-16(28-19(17)20)13-10-26-21(23)27-11-13/h4-12H,1-2H3,(H2,23,26,27). The summed E-state index contributed by atoms with van der Waals surface area (Å²) in [5, 5.41) is 8.59. The number of anilines is 1. The van der Waals surface area contributed by atoms with Crippen molar-refractivity contribution in [3.63, 3.8) is 0 Å². The molecule has 5 aromatic rings. The minimum Gasteiger partial charge on any atom is -0.368 e. The smallest absolute Gasteiger partial charge is 0.252 e. The number of nitrogens with zero attached hydrogens (tertiary/aromatic N) is 8. The van der Waals surface area contributed by atoms with Crippen molar-refractivity contribution in [2.45, 2.75) is 19.4 Å². The van der Waals surface area contributed by atoms with E-state index in [1.165, 1.54) is 0 Å². The van der Waals surface area contributed by atoms with Gasteiger partial charge in [-0.25, -0.2) is 26.2 Å². The van der Waals surface area contributed by atoms with Crippen molar-refractivity contribution in [3.05, 3.63) is 72.0 Å². The maximum absolute atomic E-state index is 7.40. The molecule has 0 saturated carbocycles. The van der Waals surface area contributed by atoms with Crippen LogP contribution < -0.4 is 5.73 Å². The normalized spacial score (nSPS) is 11.6. The molecule has 0 aliphatic heterocycles. The maximum Gasteiger partial charge on any atom is 0.252 e. The van der Waals surface area contributed by atoms with Crippen LogP contribution in [0, 0.1) is 6.57 Å². The predicted octanol–water partition coefficient (Wildman–Crippen LogP) is 3.56. The largest absolute Gasteiger partial charge is 0.368 e. The molecule has 31 heavy (non-hydrogen) atoms. The minimum atomic E-state index is -0.586. The number of pyridine rings is 2. The Morgan fingerprint density at radius 1 is 0.935 bits per heavy atom. The zero-order valence-electron chi connectivity index (χ0n) is 16.9. The minimum absolute atomic E-state index is 0.209. The van der Waals surface area contributed by atoms with Gasteiger partial charge in [0.2, 0.25) is 5.95 Å². The molecule has 0 bridgehead atoms. The van der Waals surface area contributed by atoms with E-state index in [2.05, 4.69) is 30.1 Å². The van der Waals surface area contributed by atoms with E-state index >= 15 is 0 Å². The van der Waals surface area contributed by atoms with E-state index in [9.17, 15) is 0 Å². The summed E-state index contributed by atoms with van der Waals surface area (Å²) in [5.41, 5.74) is 11.0. The van der Waals surface area contributed by atoms with Gasteiger partial charge in [0, 0.05) is 37.4 Å². The second kappa shape index (κ2) is 6.81. The highest BCUT2D eigenvalue weighted by Crippen LogP contribution is 2.28. The molecule has 0 spiro atoms. The molecule has 150 valence electrons. The molecule has 0 amide bonds. The van der Waals surface area contributed by atoms with E-state index in [1.807, 2.05) is 50.2 Å². The van der Waals surface area contributed by atoms with E-state index in [4.69, 9.17) is 17.3 Å². The van der Waals surface area contributed by atoms with E-state index in [0.29, 0.717) is 16.7 Å². The molecule has 9 heteroatoms. The summed E-state index contributed by atoms with van der Waals surface area (Å²) >= 11 is 0. The molecule has 0 aliphatic carbocycles. The van der Waals surface area contributed by atoms with Crippen LogP contribution in [0.1, 0.15) is 19.4 Å². The van der Waals surface area contributed by atoms with E-state index in [1.54, 1.807) is 23.3 Å². The van der Waals surface area contributed by atoms with Gasteiger partial charge >= 0.3 is 0 Å². The third-order valence-electron chi connectivity index (χ3n) is 5.19. The van der Waals surface area contributed by atoms with Crippen LogP contribution in [0.3, 0.4) is 0 Å². The van der Waals surface area contributed by atoms with Crippen LogP contribution in [-0.4, -0.2) is 34.9 Å². The highest BCUT2D eigenvalue weighted by molar-refractivity contribution is 6.00. The molecule has 0 saturated heterocycles. The van der Waals surface area contributed by atoms with Gasteiger partial charge in [0.05, 0.1) is 23.1 Å². The number of fused-ring (bicyclic) bond motifs is 3. The van der Waals surface area contributed by atoms with E-state index in [-0.39, 0.29) is 5.95 Å². The second-order valence-corrected chi connectivity index (χ2v) is 7.61. The van der Waals surface area contributed by atoms with Crippen LogP contribution in [0.25, 0.3) is 43.9 Å². The summed E-state index contributed by atoms with van der Waals surface area (Å²) in [4.78, 5) is 21.1. The van der Waals surface area contributed by atoms with Crippen LogP contribution in [0.2, 0.25) is 0 Å². The van der Waals surface area contributed by atoms with Gasteiger partial charge in [-0.1, -0.05) is 5.21 Å². The maximum atomic E-state index is 7.40. The first-order valence-corrected chi connectivity index (χ1v) is 9.55. The van der Waals surface area contributed by atoms with Gasteiger partial charge in [0.1, 0.15) is 16.6 Å². The third-order valence-corrected chi connectivity index (χ3v) is 5.19. The molecule has 0 unspecified atom stereocenters. The van der Waals surface area contributed by atoms with Crippen molar-refractivity contribution >= 4 is 28.0 Å². The Morgan fingerprint density at radius 3 is 2.39 bits per heavy atom. The van der Waals surface area contributed by atoms with Crippen molar-refractivity contribution < 1.29 is 0 Å². The molecular weight excluding hydrogens is 390 g/mol. The summed E-state index contributed by atoms with van der Waals surface area (Å²) in [6.45, 7) is 11.2. The van der Waals surface area contributed by atoms with Gasteiger partial charge in [-0.3, -0.25) is 4.98 Å². The van der Waals surface area contributed by atoms with Crippen LogP contribution in [0.5, 0.6) is 0 Å². The topological polar surface area (TPSA) is 113 Å². The second-order valence-electron chi connectivity index (χ2n) is 7.61. The van der Waals surface area contributed by atoms with Gasteiger partial charge in [0.25, 0.3) is 5.54 Å². The number of nitrogens with two attached hydrogens (primary N) is 1. The molecule has 4 aromatic heterocycles. The van der Waals surface area contributed by atoms with Crippen molar-refractivity contribution in [1.82, 2.24) is 34.9 Å². The molecule has 9 nitrogen and oxygen atoms in total. The molecule has 0 radical (unpaired) electrons. The number of hydrogen-bond donors (Lipinski definition) is 1. The van der Waals surface area contributed by atoms with Crippen molar-refractivity contribution in [2.24, 2.45) is 0 Å². The first-order valence-electron chi connectivity index (χ1n) is 9.55. The van der Waals surface area contributed by atoms with Crippen LogP contribution in [0.15, 0.2) is 55.0 Å². The van der Waals surface area contributed by atoms with Gasteiger partial charge in [-0.05, 0) is 36.4 Å². The molecule has 2 N–H and O–H groups in total. The Balaban J connectivity index is 1.68. The van der Waals surface area contributed by atoms with Crippen molar-refractivity contribution in [1.29, 1.82) is 0 Å². The first kappa shape index (κ1) is 18.6. The number of aromatic nitrogens is 7. The van der Waals surface area contributed by atoms with E-state index < -0.39 is 5.54 Å². The van der Waals surface area contributed by atoms with Crippen LogP contribution in [0.4, 0.5) is 5.95 Å². The summed E-state index contributed by atoms with van der Waals surface area (Å²) < 4.78 is 1.74. The number of hydrogen-bond acceptors (Lipinski definition) is 7. The lowest BCUT2D eigenvalue weighted by atomic mass is 9.95. The monoisotopic (exact) mass is 407 g/mol. The average molecular weight is 407 g/mol. The van der Waals surface area contributed by atoms with Crippen LogP contribution >= 0.6 is 0 Å². The predicted molar refractivity (Wildman–Crippen MR) is 117 cm³/mol. The summed E-state index contributed by atoms with van der Waals surface area (Å²) in [6, 6.07) is 11.5. The molecule has 0 aliphatic rings. The van der Waals surface area contributed by atoms with Gasteiger partial charge < -0.3 is 10.6 Å². The fourth-order valence-corrected chi connectivity index (χ4v) is 3.35. The van der Waals surface area contributed by atoms with Crippen LogP contribution in [-0.2, 0) is 5.54 Å². The Hall–Kier alpha value is -4.45. The highest BCUT2D eigenvalue weighted by atomic mass is 15.4. The SMILES string of the molecule is [C-]#[N+]C(C)(C)c1ccc(-n2nnc3cnc4ccc(-c5cnc(N)nc5)nc4c32)cc1. The molecular formula is C22H17N9. The van der Waals surface area contributed by atoms with Crippen molar-refractivity contribution in [3.8, 4) is 16.9 Å². The zero-order chi connectivity index (χ0) is 21.6. The molecule has 0 atom stereocenters. The molecule has 0 fully saturated rings. The summed E-state index contributed by atoms with van der Waals surface area (Å²) in [7, 11) is 0. The lowest BCUT2D eigenvalue weighted by Gasteiger charge is -2.12. The number of rotatable bonds is 3. The molecule has 4 heterocycles. The third kappa shape index (κ3) is 3.11. The first-order chi connectivity index (χ1) is 15.0. The fourth-order valence-electron chi connectivity index (χ4n) is 3.35. The number of benzene rings is 1. The highest BCUT2D eigenvalue weighted by Gasteiger charge is 2.25. The van der Waals surface area contributed by atoms with E-state index in [0.717, 1.165) is 27.8 Å². The molecule has 1 aromatic carbocycles. The lowest BCUT2D eigenvalue weighted by Crippen LogP contribution is -2.11. The Morgan fingerprint density at radius 2 is 1.68 bits per heavy atom. The summed E-state index contributed by atoms with van der Waals surface area (Å²) in [6.07, 6.45) is 4.96. The van der Waals surface area contributed by atoms with Gasteiger partial charge in [-0.15, -0.1) is 5.10 Å². The molecule has 5 rings (SSSR count). The zero-order valence-corrected chi connectivity index (χ0v) is 16.9. The van der Waals surface area contributed by atoms with Crippen molar-refractivity contribution in [2.75, 3.05) is 5.73 Å². The average Bonchev–Trinajstić information content (AvgIpc) is 3.24. The Bertz CT molecular complexity index is 1460. The summed E-state index contributed by atoms with van der Waals surface area (Å²) in [5.74, 6) is 0.209.